The molecule has 0 aromatic heterocycles. The van der Waals surface area contributed by atoms with Crippen LogP contribution in [-0.4, -0.2) is 22.1 Å². The van der Waals surface area contributed by atoms with Crippen molar-refractivity contribution >= 4 is 29.2 Å². The van der Waals surface area contributed by atoms with Gasteiger partial charge in [0, 0.05) is 0 Å². The van der Waals surface area contributed by atoms with Crippen LogP contribution in [0, 0.1) is 0 Å². The Morgan fingerprint density at radius 1 is 1.10 bits per heavy atom. The second-order valence-corrected chi connectivity index (χ2v) is 4.80. The van der Waals surface area contributed by atoms with E-state index in [9.17, 15) is 14.7 Å². The number of carboxylic acid groups (broad SMARTS) is 1. The van der Waals surface area contributed by atoms with Crippen LogP contribution in [-0.2, 0) is 11.2 Å². The van der Waals surface area contributed by atoms with Crippen molar-refractivity contribution in [2.45, 2.75) is 6.42 Å². The van der Waals surface area contributed by atoms with E-state index in [0.717, 1.165) is 5.56 Å². The van der Waals surface area contributed by atoms with E-state index in [1.807, 2.05) is 0 Å². The van der Waals surface area contributed by atoms with Gasteiger partial charge in [-0.15, -0.1) is 0 Å². The van der Waals surface area contributed by atoms with E-state index in [2.05, 4.69) is 5.32 Å². The summed E-state index contributed by atoms with van der Waals surface area (Å²) in [4.78, 5) is 22.8. The van der Waals surface area contributed by atoms with Crippen LogP contribution in [0.4, 0.5) is 5.69 Å². The maximum atomic E-state index is 11.9. The van der Waals surface area contributed by atoms with Crippen molar-refractivity contribution in [1.29, 1.82) is 0 Å². The van der Waals surface area contributed by atoms with Crippen LogP contribution in [0.3, 0.4) is 0 Å². The molecule has 0 atom stereocenters. The van der Waals surface area contributed by atoms with Crippen LogP contribution in [0.2, 0.25) is 5.02 Å². The van der Waals surface area contributed by atoms with E-state index in [1.54, 1.807) is 12.1 Å². The molecule has 0 aliphatic carbocycles. The van der Waals surface area contributed by atoms with E-state index < -0.39 is 5.97 Å². The first-order valence-corrected chi connectivity index (χ1v) is 6.44. The second-order valence-electron chi connectivity index (χ2n) is 4.39. The highest BCUT2D eigenvalue weighted by molar-refractivity contribution is 6.33. The molecular weight excluding hydrogens is 294 g/mol. The van der Waals surface area contributed by atoms with Crippen LogP contribution in [0.1, 0.15) is 15.9 Å². The molecule has 0 saturated carbocycles. The number of carbonyl (C=O) groups excluding carboxylic acids is 1. The molecule has 5 nitrogen and oxygen atoms in total. The highest BCUT2D eigenvalue weighted by atomic mass is 35.5. The van der Waals surface area contributed by atoms with Crippen LogP contribution < -0.4 is 5.32 Å². The molecule has 0 aliphatic heterocycles. The van der Waals surface area contributed by atoms with Crippen molar-refractivity contribution < 1.29 is 19.8 Å². The van der Waals surface area contributed by atoms with Gasteiger partial charge in [0.05, 0.1) is 22.7 Å². The lowest BCUT2D eigenvalue weighted by Crippen LogP contribution is -2.15. The minimum absolute atomic E-state index is 0.0410. The number of hydrogen-bond acceptors (Lipinski definition) is 3. The number of aromatic hydroxyl groups is 1. The summed E-state index contributed by atoms with van der Waals surface area (Å²) in [5.74, 6) is -1.30. The van der Waals surface area contributed by atoms with Crippen LogP contribution >= 0.6 is 11.6 Å². The zero-order valence-corrected chi connectivity index (χ0v) is 11.6. The molecule has 6 heteroatoms. The molecule has 0 aliphatic rings. The van der Waals surface area contributed by atoms with Crippen molar-refractivity contribution in [3.8, 4) is 5.75 Å². The number of halogens is 1. The average molecular weight is 306 g/mol. The van der Waals surface area contributed by atoms with E-state index in [4.69, 9.17) is 16.7 Å². The lowest BCUT2D eigenvalue weighted by Gasteiger charge is -2.08. The molecule has 0 fully saturated rings. The molecule has 0 radical (unpaired) electrons. The van der Waals surface area contributed by atoms with E-state index >= 15 is 0 Å². The number of hydrogen-bond donors (Lipinski definition) is 3. The first-order valence-electron chi connectivity index (χ1n) is 6.06. The zero-order chi connectivity index (χ0) is 15.4. The predicted octanol–water partition coefficient (Wildman–Crippen LogP) is 2.93. The Kier molecular flexibility index (Phi) is 4.45. The van der Waals surface area contributed by atoms with Gasteiger partial charge in [-0.3, -0.25) is 4.79 Å². The minimum atomic E-state index is -1.10. The Hall–Kier alpha value is -2.53. The normalized spacial score (nSPS) is 10.1. The summed E-state index contributed by atoms with van der Waals surface area (Å²) >= 11 is 5.93. The number of carboxylic acids is 1. The molecule has 0 spiro atoms. The zero-order valence-electron chi connectivity index (χ0n) is 10.8. The van der Waals surface area contributed by atoms with E-state index in [-0.39, 0.29) is 34.4 Å². The standard InChI is InChI=1S/C15H12ClNO4/c16-12-6-3-10(15(20)21)8-13(12)17-14(19)7-9-1-4-11(18)5-2-9/h1-6,8,18H,7H2,(H,17,19)(H,20,21). The van der Waals surface area contributed by atoms with Crippen molar-refractivity contribution in [2.75, 3.05) is 5.32 Å². The average Bonchev–Trinajstić information content (AvgIpc) is 2.43. The molecule has 2 aromatic rings. The molecule has 0 saturated heterocycles. The van der Waals surface area contributed by atoms with Gasteiger partial charge in [-0.1, -0.05) is 23.7 Å². The molecule has 0 heterocycles. The lowest BCUT2D eigenvalue weighted by molar-refractivity contribution is -0.115. The molecule has 1 amide bonds. The van der Waals surface area contributed by atoms with Gasteiger partial charge in [0.2, 0.25) is 5.91 Å². The molecule has 3 N–H and O–H groups in total. The van der Waals surface area contributed by atoms with Gasteiger partial charge < -0.3 is 15.5 Å². The van der Waals surface area contributed by atoms with Gasteiger partial charge in [-0.2, -0.15) is 0 Å². The minimum Gasteiger partial charge on any atom is -0.508 e. The number of carbonyl (C=O) groups is 2. The third-order valence-electron chi connectivity index (χ3n) is 2.79. The van der Waals surface area contributed by atoms with Crippen LogP contribution in [0.25, 0.3) is 0 Å². The van der Waals surface area contributed by atoms with Gasteiger partial charge >= 0.3 is 5.97 Å². The lowest BCUT2D eigenvalue weighted by atomic mass is 10.1. The number of benzene rings is 2. The Morgan fingerprint density at radius 2 is 1.76 bits per heavy atom. The summed E-state index contributed by atoms with van der Waals surface area (Å²) in [7, 11) is 0. The quantitative estimate of drug-likeness (QED) is 0.810. The van der Waals surface area contributed by atoms with Gasteiger partial charge in [-0.25, -0.2) is 4.79 Å². The van der Waals surface area contributed by atoms with Crippen molar-refractivity contribution in [2.24, 2.45) is 0 Å². The SMILES string of the molecule is O=C(Cc1ccc(O)cc1)Nc1cc(C(=O)O)ccc1Cl. The summed E-state index contributed by atoms with van der Waals surface area (Å²) in [5, 5.41) is 20.9. The van der Waals surface area contributed by atoms with E-state index in [1.165, 1.54) is 30.3 Å². The number of rotatable bonds is 4. The van der Waals surface area contributed by atoms with Gasteiger partial charge in [0.15, 0.2) is 0 Å². The Bertz CT molecular complexity index is 683. The fourth-order valence-electron chi connectivity index (χ4n) is 1.75. The van der Waals surface area contributed by atoms with Gasteiger partial charge in [-0.05, 0) is 35.9 Å². The summed E-state index contributed by atoms with van der Waals surface area (Å²) in [5.41, 5.74) is 1.01. The largest absolute Gasteiger partial charge is 0.508 e. The Morgan fingerprint density at radius 3 is 2.38 bits per heavy atom. The highest BCUT2D eigenvalue weighted by Gasteiger charge is 2.10. The molecule has 108 valence electrons. The number of aromatic carboxylic acids is 1. The summed E-state index contributed by atoms with van der Waals surface area (Å²) < 4.78 is 0. The maximum Gasteiger partial charge on any atom is 0.335 e. The summed E-state index contributed by atoms with van der Waals surface area (Å²) in [6.07, 6.45) is 0.0912. The number of amides is 1. The Labute approximate surface area is 125 Å². The molecule has 2 aromatic carbocycles. The number of phenols is 1. The highest BCUT2D eigenvalue weighted by Crippen LogP contribution is 2.23. The van der Waals surface area contributed by atoms with E-state index in [0.29, 0.717) is 0 Å². The first kappa shape index (κ1) is 14.9. The third kappa shape index (κ3) is 3.97. The monoisotopic (exact) mass is 305 g/mol. The predicted molar refractivity (Wildman–Crippen MR) is 78.9 cm³/mol. The first-order chi connectivity index (χ1) is 9.95. The number of nitrogens with one attached hydrogen (secondary N) is 1. The van der Waals surface area contributed by atoms with Crippen molar-refractivity contribution in [3.05, 3.63) is 58.6 Å². The Balaban J connectivity index is 2.10. The third-order valence-corrected chi connectivity index (χ3v) is 3.12. The van der Waals surface area contributed by atoms with Gasteiger partial charge in [0.25, 0.3) is 0 Å². The molecule has 0 bridgehead atoms. The van der Waals surface area contributed by atoms with Crippen LogP contribution in [0.15, 0.2) is 42.5 Å². The maximum absolute atomic E-state index is 11.9. The van der Waals surface area contributed by atoms with Crippen LogP contribution in [0.5, 0.6) is 5.75 Å². The summed E-state index contributed by atoms with van der Waals surface area (Å²) in [6.45, 7) is 0. The fourth-order valence-corrected chi connectivity index (χ4v) is 1.91. The molecule has 2 rings (SSSR count). The number of phenolic OH excluding ortho intramolecular Hbond substituents is 1. The van der Waals surface area contributed by atoms with Gasteiger partial charge in [0.1, 0.15) is 5.75 Å². The molecule has 0 unspecified atom stereocenters. The summed E-state index contributed by atoms with van der Waals surface area (Å²) in [6, 6.07) is 10.3. The second kappa shape index (κ2) is 6.28. The molecule has 21 heavy (non-hydrogen) atoms. The fraction of sp³-hybridized carbons (Fsp3) is 0.0667. The molecular formula is C15H12ClNO4. The van der Waals surface area contributed by atoms with Crippen molar-refractivity contribution in [3.63, 3.8) is 0 Å². The smallest absolute Gasteiger partial charge is 0.335 e. The number of anilines is 1. The topological polar surface area (TPSA) is 86.6 Å². The van der Waals surface area contributed by atoms with Crippen molar-refractivity contribution in [1.82, 2.24) is 0 Å².